The van der Waals surface area contributed by atoms with E-state index in [1.807, 2.05) is 72.8 Å². The fourth-order valence-electron chi connectivity index (χ4n) is 3.56. The number of rotatable bonds is 2. The second kappa shape index (κ2) is 24.6. The maximum Gasteiger partial charge on any atom is -0.171 e. The van der Waals surface area contributed by atoms with E-state index in [1.165, 1.54) is 45.6 Å². The fraction of sp³-hybridized carbons (Fsp3) is 0.111. The van der Waals surface area contributed by atoms with Gasteiger partial charge in [-0.1, -0.05) is 74.5 Å². The van der Waals surface area contributed by atoms with Crippen molar-refractivity contribution in [3.05, 3.63) is 180 Å². The Balaban J connectivity index is 0.000000510. The van der Waals surface area contributed by atoms with E-state index in [2.05, 4.69) is 98.8 Å². The summed E-state index contributed by atoms with van der Waals surface area (Å²) >= 11 is 3.14. The molecule has 4 aromatic rings. The molecule has 0 fully saturated rings. The summed E-state index contributed by atoms with van der Waals surface area (Å²) in [6.45, 7) is 4.19. The van der Waals surface area contributed by atoms with Crippen LogP contribution in [0, 0.1) is 24.3 Å². The molecular formula is C36H36Cl2GeZr-4. The van der Waals surface area contributed by atoms with E-state index in [9.17, 15) is 0 Å². The van der Waals surface area contributed by atoms with Crippen LogP contribution in [0.15, 0.2) is 145 Å². The Bertz CT molecular complexity index is 1130. The van der Waals surface area contributed by atoms with Crippen molar-refractivity contribution >= 4 is 48.1 Å². The van der Waals surface area contributed by atoms with Gasteiger partial charge in [0, 0.05) is 0 Å². The maximum absolute atomic E-state index is 3.29. The largest absolute Gasteiger partial charge is 0.184 e. The van der Waals surface area contributed by atoms with Gasteiger partial charge in [-0.25, -0.2) is 23.3 Å². The van der Waals surface area contributed by atoms with Gasteiger partial charge < -0.3 is 0 Å². The Morgan fingerprint density at radius 1 is 0.500 bits per heavy atom. The maximum atomic E-state index is 3.29. The van der Waals surface area contributed by atoms with Crippen LogP contribution in [0.2, 0.25) is 0 Å². The zero-order valence-corrected chi connectivity index (χ0v) is 30.2. The number of allylic oxidation sites excluding steroid dienone is 8. The minimum Gasteiger partial charge on any atom is -0.184 e. The van der Waals surface area contributed by atoms with Crippen LogP contribution in [0.25, 0.3) is 11.1 Å². The number of hydrogen-bond donors (Lipinski definition) is 0. The van der Waals surface area contributed by atoms with Gasteiger partial charge in [0.25, 0.3) is 0 Å². The van der Waals surface area contributed by atoms with Gasteiger partial charge in [-0.15, -0.1) is 48.8 Å². The van der Waals surface area contributed by atoms with Crippen LogP contribution < -0.4 is 0 Å². The summed E-state index contributed by atoms with van der Waals surface area (Å²) in [6.07, 6.45) is 12.9. The van der Waals surface area contributed by atoms with Crippen LogP contribution in [0.3, 0.4) is 0 Å². The second-order valence-corrected chi connectivity index (χ2v) is 8.30. The molecule has 0 atom stereocenters. The van der Waals surface area contributed by atoms with Crippen molar-refractivity contribution in [2.75, 3.05) is 0 Å². The average molecular weight is 703 g/mol. The van der Waals surface area contributed by atoms with E-state index in [4.69, 9.17) is 0 Å². The average Bonchev–Trinajstić information content (AvgIpc) is 3.66. The standard InChI is InChI=1S/2C12H11.2C6H5.2ClH.GeH2.Zr/c2*1-10-7-8-12(9-10)11-5-3-2-4-6-11;2*1-2-4-6-5-3-1;;;;/h2*2-6,9H,8H2,1H3;2*1-5H;2*1H;1H2;/q4*-1;;;;. The van der Waals surface area contributed by atoms with Crippen LogP contribution >= 0.6 is 24.8 Å². The third-order valence-corrected chi connectivity index (χ3v) is 5.40. The summed E-state index contributed by atoms with van der Waals surface area (Å²) in [4.78, 5) is 0. The van der Waals surface area contributed by atoms with Gasteiger partial charge >= 0.3 is 33.7 Å². The van der Waals surface area contributed by atoms with E-state index >= 15 is 0 Å². The molecule has 0 saturated carbocycles. The molecule has 0 bridgehead atoms. The van der Waals surface area contributed by atoms with Gasteiger partial charge in [-0.3, -0.25) is 12.2 Å². The van der Waals surface area contributed by atoms with Crippen molar-refractivity contribution in [1.29, 1.82) is 0 Å². The molecule has 0 heterocycles. The van der Waals surface area contributed by atoms with Gasteiger partial charge in [0.15, 0.2) is 0 Å². The smallest absolute Gasteiger partial charge is 0.171 e. The molecule has 0 aromatic heterocycles. The van der Waals surface area contributed by atoms with Crippen LogP contribution in [0.1, 0.15) is 37.8 Å². The molecule has 4 heteroatoms. The summed E-state index contributed by atoms with van der Waals surface area (Å²) < 4.78 is 0. The second-order valence-electron chi connectivity index (χ2n) is 8.30. The molecule has 0 radical (unpaired) electrons. The molecule has 0 amide bonds. The van der Waals surface area contributed by atoms with Gasteiger partial charge in [0.05, 0.1) is 0 Å². The molecular weight excluding hydrogens is 667 g/mol. The van der Waals surface area contributed by atoms with Crippen molar-refractivity contribution in [3.63, 3.8) is 0 Å². The molecule has 206 valence electrons. The predicted molar refractivity (Wildman–Crippen MR) is 177 cm³/mol. The van der Waals surface area contributed by atoms with E-state index in [0.717, 1.165) is 12.8 Å². The SMILES string of the molecule is CC1=[C-]CC(c2ccccc2)=C1.CC1=[C-]CC(c2ccccc2)=C1.Cl.Cl.[GeH2]=[Zr].[c-]1ccccc1.[c-]1ccccc1. The normalized spacial score (nSPS) is 11.9. The molecule has 0 aliphatic heterocycles. The molecule has 0 nitrogen and oxygen atoms in total. The molecule has 6 rings (SSSR count). The van der Waals surface area contributed by atoms with E-state index in [-0.39, 0.29) is 24.8 Å². The van der Waals surface area contributed by atoms with Gasteiger partial charge in [-0.05, 0) is 11.1 Å². The summed E-state index contributed by atoms with van der Waals surface area (Å²) in [5.41, 5.74) is 7.92. The van der Waals surface area contributed by atoms with Gasteiger partial charge in [0.1, 0.15) is 0 Å². The van der Waals surface area contributed by atoms with Crippen LogP contribution in [0.5, 0.6) is 0 Å². The first-order valence-corrected chi connectivity index (χ1v) is 23.1. The Morgan fingerprint density at radius 2 is 0.800 bits per heavy atom. The minimum absolute atomic E-state index is 0. The molecule has 0 unspecified atom stereocenters. The Labute approximate surface area is 274 Å². The summed E-state index contributed by atoms with van der Waals surface area (Å²) in [7, 11) is 0. The third-order valence-electron chi connectivity index (χ3n) is 5.40. The first-order chi connectivity index (χ1) is 18.7. The van der Waals surface area contributed by atoms with E-state index in [0.29, 0.717) is 0 Å². The molecule has 0 N–H and O–H groups in total. The molecule has 4 aromatic carbocycles. The van der Waals surface area contributed by atoms with Crippen molar-refractivity contribution in [1.82, 2.24) is 0 Å². The summed E-state index contributed by atoms with van der Waals surface area (Å²) in [6, 6.07) is 46.0. The zero-order chi connectivity index (χ0) is 27.3. The third kappa shape index (κ3) is 16.2. The Kier molecular flexibility index (Phi) is 23.3. The summed E-state index contributed by atoms with van der Waals surface area (Å²) in [5, 5.41) is 0. The first-order valence-electron chi connectivity index (χ1n) is 12.6. The Morgan fingerprint density at radius 3 is 1.00 bits per heavy atom. The van der Waals surface area contributed by atoms with Gasteiger partial charge in [-0.2, -0.15) is 72.8 Å². The van der Waals surface area contributed by atoms with E-state index < -0.39 is 0 Å². The van der Waals surface area contributed by atoms with Gasteiger partial charge in [0.2, 0.25) is 0 Å². The zero-order valence-electron chi connectivity index (χ0n) is 23.1. The van der Waals surface area contributed by atoms with Crippen LogP contribution in [-0.2, 0) is 21.6 Å². The number of benzene rings is 4. The monoisotopic (exact) mass is 702 g/mol. The number of halogens is 2. The summed E-state index contributed by atoms with van der Waals surface area (Å²) in [5.74, 6) is 0. The topological polar surface area (TPSA) is 0 Å². The van der Waals surface area contributed by atoms with Crippen molar-refractivity contribution in [3.8, 4) is 0 Å². The number of hydrogen-bond acceptors (Lipinski definition) is 0. The molecule has 0 saturated heterocycles. The van der Waals surface area contributed by atoms with Crippen molar-refractivity contribution in [2.45, 2.75) is 26.7 Å². The Hall–Kier alpha value is -2.15. The molecule has 2 aliphatic rings. The molecule has 40 heavy (non-hydrogen) atoms. The molecule has 2 aliphatic carbocycles. The molecule has 0 spiro atoms. The predicted octanol–water partition coefficient (Wildman–Crippen LogP) is 9.34. The van der Waals surface area contributed by atoms with Crippen LogP contribution in [0.4, 0.5) is 0 Å². The first kappa shape index (κ1) is 37.8. The van der Waals surface area contributed by atoms with Crippen molar-refractivity contribution < 1.29 is 21.6 Å². The van der Waals surface area contributed by atoms with Crippen molar-refractivity contribution in [2.24, 2.45) is 0 Å². The van der Waals surface area contributed by atoms with Crippen LogP contribution in [-0.4, -0.2) is 12.1 Å². The van der Waals surface area contributed by atoms with E-state index in [1.54, 1.807) is 21.6 Å². The minimum atomic E-state index is 0. The fourth-order valence-corrected chi connectivity index (χ4v) is 3.56. The quantitative estimate of drug-likeness (QED) is 0.144.